The Labute approximate surface area is 192 Å². The minimum absolute atomic E-state index is 0.125. The van der Waals surface area contributed by atoms with Crippen molar-refractivity contribution in [3.63, 3.8) is 0 Å². The van der Waals surface area contributed by atoms with Gasteiger partial charge in [0.2, 0.25) is 5.91 Å². The highest BCUT2D eigenvalue weighted by atomic mass is 35.5. The maximum atomic E-state index is 12.3. The number of nitrogens with zero attached hydrogens (tertiary/aromatic N) is 1. The number of hydrogen-bond acceptors (Lipinski definition) is 5. The van der Waals surface area contributed by atoms with Crippen LogP contribution in [0.25, 0.3) is 10.2 Å². The van der Waals surface area contributed by atoms with Gasteiger partial charge in [0.25, 0.3) is 5.91 Å². The van der Waals surface area contributed by atoms with Crippen LogP contribution in [-0.4, -0.2) is 22.6 Å². The summed E-state index contributed by atoms with van der Waals surface area (Å²) in [5.74, 6) is -0.0462. The number of thiazole rings is 1. The third kappa shape index (κ3) is 5.44. The number of nitrogens with one attached hydrogen (secondary N) is 2. The first kappa shape index (κ1) is 21.4. The zero-order valence-corrected chi connectivity index (χ0v) is 18.9. The molecule has 0 aliphatic heterocycles. The fraction of sp³-hybridized carbons (Fsp3) is 0.0870. The maximum absolute atomic E-state index is 12.3. The molecule has 31 heavy (non-hydrogen) atoms. The summed E-state index contributed by atoms with van der Waals surface area (Å²) >= 11 is 8.96. The summed E-state index contributed by atoms with van der Waals surface area (Å²) in [4.78, 5) is 29.2. The van der Waals surface area contributed by atoms with E-state index >= 15 is 0 Å². The number of anilines is 2. The van der Waals surface area contributed by atoms with Crippen molar-refractivity contribution in [2.75, 3.05) is 16.4 Å². The number of rotatable bonds is 6. The Morgan fingerprint density at radius 3 is 2.52 bits per heavy atom. The Hall–Kier alpha value is -2.87. The van der Waals surface area contributed by atoms with E-state index in [0.717, 1.165) is 20.1 Å². The highest BCUT2D eigenvalue weighted by Gasteiger charge is 2.11. The number of aromatic nitrogens is 1. The minimum Gasteiger partial charge on any atom is -0.325 e. The molecule has 2 amide bonds. The normalized spacial score (nSPS) is 10.8. The molecular weight excluding hydrogens is 450 g/mol. The molecule has 156 valence electrons. The molecule has 1 heterocycles. The van der Waals surface area contributed by atoms with Crippen molar-refractivity contribution in [2.24, 2.45) is 0 Å². The molecule has 0 spiro atoms. The molecule has 3 aromatic carbocycles. The van der Waals surface area contributed by atoms with Crippen LogP contribution in [-0.2, 0) is 4.79 Å². The number of hydrogen-bond donors (Lipinski definition) is 2. The number of carbonyl (C=O) groups excluding carboxylic acids is 2. The maximum Gasteiger partial charge on any atom is 0.255 e. The molecule has 0 saturated heterocycles. The zero-order valence-electron chi connectivity index (χ0n) is 16.5. The van der Waals surface area contributed by atoms with Gasteiger partial charge in [0.1, 0.15) is 0 Å². The number of aryl methyl sites for hydroxylation is 1. The molecule has 4 rings (SSSR count). The van der Waals surface area contributed by atoms with Crippen LogP contribution in [0.15, 0.2) is 71.1 Å². The van der Waals surface area contributed by atoms with Crippen LogP contribution in [0.1, 0.15) is 15.9 Å². The minimum atomic E-state index is -0.160. The number of fused-ring (bicyclic) bond motifs is 1. The fourth-order valence-electron chi connectivity index (χ4n) is 2.83. The Morgan fingerprint density at radius 2 is 1.74 bits per heavy atom. The predicted octanol–water partition coefficient (Wildman–Crippen LogP) is 6.24. The second kappa shape index (κ2) is 9.51. The summed E-state index contributed by atoms with van der Waals surface area (Å²) in [6.07, 6.45) is 0. The summed E-state index contributed by atoms with van der Waals surface area (Å²) in [7, 11) is 0. The van der Waals surface area contributed by atoms with E-state index in [1.165, 1.54) is 23.1 Å². The van der Waals surface area contributed by atoms with Crippen molar-refractivity contribution in [1.82, 2.24) is 4.98 Å². The summed E-state index contributed by atoms with van der Waals surface area (Å²) < 4.78 is 1.73. The van der Waals surface area contributed by atoms with Crippen molar-refractivity contribution in [1.29, 1.82) is 0 Å². The lowest BCUT2D eigenvalue weighted by Crippen LogP contribution is -2.13. The molecule has 1 aromatic heterocycles. The zero-order chi connectivity index (χ0) is 21.8. The summed E-state index contributed by atoms with van der Waals surface area (Å²) in [5, 5.41) is 6.37. The Morgan fingerprint density at radius 1 is 1.00 bits per heavy atom. The van der Waals surface area contributed by atoms with Gasteiger partial charge in [0.15, 0.2) is 4.34 Å². The first-order valence-electron chi connectivity index (χ1n) is 9.44. The van der Waals surface area contributed by atoms with Gasteiger partial charge in [0, 0.05) is 22.0 Å². The van der Waals surface area contributed by atoms with Gasteiger partial charge >= 0.3 is 0 Å². The lowest BCUT2D eigenvalue weighted by atomic mass is 10.2. The van der Waals surface area contributed by atoms with Crippen molar-refractivity contribution in [3.05, 3.63) is 82.9 Å². The van der Waals surface area contributed by atoms with Gasteiger partial charge in [-0.25, -0.2) is 4.98 Å². The lowest BCUT2D eigenvalue weighted by molar-refractivity contribution is -0.113. The molecule has 2 N–H and O–H groups in total. The Balaban J connectivity index is 1.38. The van der Waals surface area contributed by atoms with Crippen LogP contribution in [0.3, 0.4) is 0 Å². The molecule has 0 aliphatic rings. The van der Waals surface area contributed by atoms with Crippen LogP contribution in [0.2, 0.25) is 5.02 Å². The van der Waals surface area contributed by atoms with Gasteiger partial charge < -0.3 is 10.6 Å². The molecule has 0 fully saturated rings. The highest BCUT2D eigenvalue weighted by molar-refractivity contribution is 8.01. The van der Waals surface area contributed by atoms with Crippen LogP contribution in [0.5, 0.6) is 0 Å². The largest absolute Gasteiger partial charge is 0.325 e. The quantitative estimate of drug-likeness (QED) is 0.329. The van der Waals surface area contributed by atoms with E-state index in [2.05, 4.69) is 15.6 Å². The van der Waals surface area contributed by atoms with Crippen molar-refractivity contribution >= 4 is 68.1 Å². The van der Waals surface area contributed by atoms with Crippen molar-refractivity contribution in [3.8, 4) is 0 Å². The van der Waals surface area contributed by atoms with Crippen molar-refractivity contribution < 1.29 is 9.59 Å². The molecule has 4 aromatic rings. The molecule has 0 aliphatic carbocycles. The van der Waals surface area contributed by atoms with E-state index in [1.54, 1.807) is 18.2 Å². The van der Waals surface area contributed by atoms with Gasteiger partial charge in [-0.1, -0.05) is 47.6 Å². The molecule has 0 radical (unpaired) electrons. The fourth-order valence-corrected chi connectivity index (χ4v) is 4.92. The SMILES string of the molecule is Cc1ccc(NC(=O)CSc2nc3ccc(NC(=O)c4ccccc4)cc3s2)cc1Cl. The standard InChI is InChI=1S/C23H18ClN3O2S2/c1-14-7-8-16(11-18(14)24)25-21(28)13-30-23-27-19-10-9-17(12-20(19)31-23)26-22(29)15-5-3-2-4-6-15/h2-12H,13H2,1H3,(H,25,28)(H,26,29). The number of amides is 2. The second-order valence-corrected chi connectivity index (χ2v) is 9.44. The predicted molar refractivity (Wildman–Crippen MR) is 130 cm³/mol. The van der Waals surface area contributed by atoms with E-state index in [4.69, 9.17) is 11.6 Å². The van der Waals surface area contributed by atoms with E-state index in [0.29, 0.717) is 22.0 Å². The first-order valence-corrected chi connectivity index (χ1v) is 11.6. The first-order chi connectivity index (χ1) is 15.0. The Kier molecular flexibility index (Phi) is 6.56. The molecule has 8 heteroatoms. The van der Waals surface area contributed by atoms with Crippen LogP contribution in [0.4, 0.5) is 11.4 Å². The number of benzene rings is 3. The van der Waals surface area contributed by atoms with Gasteiger partial charge in [-0.05, 0) is 55.0 Å². The second-order valence-electron chi connectivity index (χ2n) is 6.78. The van der Waals surface area contributed by atoms with Gasteiger partial charge in [0.05, 0.1) is 16.0 Å². The topological polar surface area (TPSA) is 71.1 Å². The molecule has 5 nitrogen and oxygen atoms in total. The van der Waals surface area contributed by atoms with E-state index < -0.39 is 0 Å². The van der Waals surface area contributed by atoms with Gasteiger partial charge in [-0.2, -0.15) is 0 Å². The van der Waals surface area contributed by atoms with Crippen LogP contribution in [0, 0.1) is 6.92 Å². The summed E-state index contributed by atoms with van der Waals surface area (Å²) in [5.41, 5.74) is 3.77. The van der Waals surface area contributed by atoms with Crippen molar-refractivity contribution in [2.45, 2.75) is 11.3 Å². The smallest absolute Gasteiger partial charge is 0.255 e. The third-order valence-corrected chi connectivity index (χ3v) is 7.01. The number of halogens is 1. The lowest BCUT2D eigenvalue weighted by Gasteiger charge is -2.06. The third-order valence-electron chi connectivity index (χ3n) is 4.44. The van der Waals surface area contributed by atoms with Crippen LogP contribution >= 0.6 is 34.7 Å². The molecule has 0 unspecified atom stereocenters. The van der Waals surface area contributed by atoms with E-state index in [1.807, 2.05) is 55.5 Å². The van der Waals surface area contributed by atoms with Gasteiger partial charge in [-0.3, -0.25) is 9.59 Å². The van der Waals surface area contributed by atoms with Gasteiger partial charge in [-0.15, -0.1) is 11.3 Å². The molecule has 0 saturated carbocycles. The van der Waals surface area contributed by atoms with E-state index in [9.17, 15) is 9.59 Å². The number of thioether (sulfide) groups is 1. The monoisotopic (exact) mass is 467 g/mol. The molecule has 0 bridgehead atoms. The number of carbonyl (C=O) groups is 2. The summed E-state index contributed by atoms with van der Waals surface area (Å²) in [6.45, 7) is 1.91. The van der Waals surface area contributed by atoms with Crippen LogP contribution < -0.4 is 10.6 Å². The average Bonchev–Trinajstić information content (AvgIpc) is 3.18. The Bertz CT molecular complexity index is 1260. The average molecular weight is 468 g/mol. The highest BCUT2D eigenvalue weighted by Crippen LogP contribution is 2.31. The molecular formula is C23H18ClN3O2S2. The van der Waals surface area contributed by atoms with E-state index in [-0.39, 0.29) is 17.6 Å². The summed E-state index contributed by atoms with van der Waals surface area (Å²) in [6, 6.07) is 20.1. The molecule has 0 atom stereocenters.